The summed E-state index contributed by atoms with van der Waals surface area (Å²) in [6.07, 6.45) is -3.77. The van der Waals surface area contributed by atoms with Crippen molar-refractivity contribution >= 4 is 22.8 Å². The summed E-state index contributed by atoms with van der Waals surface area (Å²) in [7, 11) is 0. The van der Waals surface area contributed by atoms with Gasteiger partial charge in [-0.05, 0) is 12.1 Å². The highest BCUT2D eigenvalue weighted by molar-refractivity contribution is 6.33. The Kier molecular flexibility index (Phi) is 3.28. The van der Waals surface area contributed by atoms with Crippen molar-refractivity contribution in [3.63, 3.8) is 0 Å². The Labute approximate surface area is 125 Å². The van der Waals surface area contributed by atoms with Crippen molar-refractivity contribution in [1.82, 2.24) is 19.5 Å². The summed E-state index contributed by atoms with van der Waals surface area (Å²) in [5.41, 5.74) is -0.678. The Morgan fingerprint density at radius 3 is 2.68 bits per heavy atom. The number of benzene rings is 1. The molecule has 22 heavy (non-hydrogen) atoms. The summed E-state index contributed by atoms with van der Waals surface area (Å²) in [5.74, 6) is -0.544. The molecule has 3 rings (SSSR count). The molecule has 0 saturated carbocycles. The number of imidazole rings is 1. The third-order valence-corrected chi connectivity index (χ3v) is 3.04. The molecule has 3 aromatic rings. The summed E-state index contributed by atoms with van der Waals surface area (Å²) < 4.78 is 42.3. The molecule has 0 amide bonds. The van der Waals surface area contributed by atoms with E-state index in [0.717, 1.165) is 17.0 Å². The smallest absolute Gasteiger partial charge is 0.404 e. The quantitative estimate of drug-likeness (QED) is 0.733. The van der Waals surface area contributed by atoms with Crippen LogP contribution in [0.1, 0.15) is 0 Å². The van der Waals surface area contributed by atoms with Crippen molar-refractivity contribution in [3.05, 3.63) is 46.2 Å². The molecule has 0 saturated heterocycles. The lowest BCUT2D eigenvalue weighted by Gasteiger charge is -2.13. The van der Waals surface area contributed by atoms with Crippen molar-refractivity contribution < 1.29 is 17.9 Å². The zero-order chi connectivity index (χ0) is 15.9. The second-order valence-electron chi connectivity index (χ2n) is 4.14. The van der Waals surface area contributed by atoms with E-state index in [0.29, 0.717) is 0 Å². The van der Waals surface area contributed by atoms with Gasteiger partial charge in [0.2, 0.25) is 0 Å². The van der Waals surface area contributed by atoms with Gasteiger partial charge in [-0.2, -0.15) is 0 Å². The zero-order valence-corrected chi connectivity index (χ0v) is 11.3. The van der Waals surface area contributed by atoms with Gasteiger partial charge in [-0.25, -0.2) is 14.8 Å². The van der Waals surface area contributed by atoms with Gasteiger partial charge in [0.15, 0.2) is 16.5 Å². The van der Waals surface area contributed by atoms with Gasteiger partial charge in [0, 0.05) is 0 Å². The van der Waals surface area contributed by atoms with Crippen LogP contribution in [-0.4, -0.2) is 25.9 Å². The molecule has 0 bridgehead atoms. The Balaban J connectivity index is 2.29. The van der Waals surface area contributed by atoms with Crippen molar-refractivity contribution in [1.29, 1.82) is 0 Å². The fourth-order valence-electron chi connectivity index (χ4n) is 1.99. The van der Waals surface area contributed by atoms with Crippen LogP contribution in [0.3, 0.4) is 0 Å². The fourth-order valence-corrected chi connectivity index (χ4v) is 2.21. The Bertz CT molecular complexity index is 903. The molecule has 0 unspecified atom stereocenters. The minimum Gasteiger partial charge on any atom is -0.404 e. The number of halogens is 4. The van der Waals surface area contributed by atoms with E-state index >= 15 is 0 Å². The molecule has 0 aliphatic carbocycles. The number of nitrogens with one attached hydrogen (secondary N) is 1. The van der Waals surface area contributed by atoms with Gasteiger partial charge >= 0.3 is 12.1 Å². The normalized spacial score (nSPS) is 11.8. The number of ether oxygens (including phenoxy) is 1. The molecule has 2 aromatic heterocycles. The third-order valence-electron chi connectivity index (χ3n) is 2.76. The van der Waals surface area contributed by atoms with Gasteiger partial charge < -0.3 is 4.74 Å². The number of para-hydroxylation sites is 2. The molecule has 6 nitrogen and oxygen atoms in total. The number of nitrogens with zero attached hydrogens (tertiary/aromatic N) is 3. The zero-order valence-electron chi connectivity index (χ0n) is 10.6. The molecule has 1 aromatic carbocycles. The van der Waals surface area contributed by atoms with Crippen LogP contribution >= 0.6 is 11.6 Å². The van der Waals surface area contributed by atoms with Gasteiger partial charge in [0.25, 0.3) is 0 Å². The highest BCUT2D eigenvalue weighted by atomic mass is 35.5. The lowest BCUT2D eigenvalue weighted by Crippen LogP contribution is -2.21. The van der Waals surface area contributed by atoms with E-state index in [1.807, 2.05) is 0 Å². The van der Waals surface area contributed by atoms with Gasteiger partial charge in [-0.1, -0.05) is 23.7 Å². The second-order valence-corrected chi connectivity index (χ2v) is 4.50. The summed E-state index contributed by atoms with van der Waals surface area (Å²) in [5, 5.41) is -0.0786. The molecule has 2 heterocycles. The van der Waals surface area contributed by atoms with E-state index in [2.05, 4.69) is 19.7 Å². The highest BCUT2D eigenvalue weighted by Crippen LogP contribution is 2.30. The van der Waals surface area contributed by atoms with Crippen LogP contribution in [0.25, 0.3) is 16.9 Å². The molecule has 0 radical (unpaired) electrons. The molecule has 10 heteroatoms. The average Bonchev–Trinajstić information content (AvgIpc) is 2.75. The van der Waals surface area contributed by atoms with E-state index in [9.17, 15) is 18.0 Å². The van der Waals surface area contributed by atoms with Crippen LogP contribution in [0, 0.1) is 0 Å². The largest absolute Gasteiger partial charge is 0.573 e. The SMILES string of the molecule is O=c1[nH]c2ncnc(Cl)c2n1-c1ccccc1OC(F)(F)F. The maximum absolute atomic E-state index is 12.5. The van der Waals surface area contributed by atoms with Crippen LogP contribution in [0.5, 0.6) is 5.75 Å². The molecule has 0 spiro atoms. The maximum atomic E-state index is 12.5. The molecular weight excluding hydrogens is 325 g/mol. The third kappa shape index (κ3) is 2.50. The van der Waals surface area contributed by atoms with Gasteiger partial charge in [-0.15, -0.1) is 13.2 Å². The van der Waals surface area contributed by atoms with Crippen molar-refractivity contribution in [2.75, 3.05) is 0 Å². The monoisotopic (exact) mass is 330 g/mol. The average molecular weight is 331 g/mol. The van der Waals surface area contributed by atoms with E-state index < -0.39 is 17.8 Å². The molecule has 0 aliphatic heterocycles. The second kappa shape index (κ2) is 5.02. The standard InChI is InChI=1S/C12H6ClF3N4O2/c13-9-8-10(18-5-17-9)19-11(21)20(8)6-3-1-2-4-7(6)22-12(14,15)16/h1-5H,(H,17,18,19,21). The van der Waals surface area contributed by atoms with Crippen LogP contribution in [-0.2, 0) is 0 Å². The first-order chi connectivity index (χ1) is 10.4. The summed E-state index contributed by atoms with van der Waals surface area (Å²) in [4.78, 5) is 22.0. The summed E-state index contributed by atoms with van der Waals surface area (Å²) >= 11 is 5.92. The van der Waals surface area contributed by atoms with Crippen LogP contribution in [0.2, 0.25) is 5.15 Å². The Morgan fingerprint density at radius 2 is 1.95 bits per heavy atom. The van der Waals surface area contributed by atoms with Crippen molar-refractivity contribution in [3.8, 4) is 11.4 Å². The lowest BCUT2D eigenvalue weighted by atomic mass is 10.3. The fraction of sp³-hybridized carbons (Fsp3) is 0.0833. The number of rotatable bonds is 2. The highest BCUT2D eigenvalue weighted by Gasteiger charge is 2.32. The molecule has 0 atom stereocenters. The van der Waals surface area contributed by atoms with E-state index in [1.165, 1.54) is 18.2 Å². The number of alkyl halides is 3. The number of aromatic nitrogens is 4. The van der Waals surface area contributed by atoms with Crippen LogP contribution in [0.15, 0.2) is 35.4 Å². The first kappa shape index (κ1) is 14.4. The predicted octanol–water partition coefficient (Wildman–Crippen LogP) is 2.66. The summed E-state index contributed by atoms with van der Waals surface area (Å²) in [6, 6.07) is 5.19. The Morgan fingerprint density at radius 1 is 1.23 bits per heavy atom. The first-order valence-electron chi connectivity index (χ1n) is 5.83. The minimum absolute atomic E-state index is 0.0624. The number of aromatic amines is 1. The topological polar surface area (TPSA) is 72.8 Å². The maximum Gasteiger partial charge on any atom is 0.573 e. The molecule has 0 aliphatic rings. The van der Waals surface area contributed by atoms with E-state index in [4.69, 9.17) is 11.6 Å². The predicted molar refractivity (Wildman–Crippen MR) is 71.2 cm³/mol. The van der Waals surface area contributed by atoms with Crippen molar-refractivity contribution in [2.45, 2.75) is 6.36 Å². The van der Waals surface area contributed by atoms with Crippen molar-refractivity contribution in [2.24, 2.45) is 0 Å². The van der Waals surface area contributed by atoms with E-state index in [-0.39, 0.29) is 22.0 Å². The summed E-state index contributed by atoms with van der Waals surface area (Å²) in [6.45, 7) is 0. The lowest BCUT2D eigenvalue weighted by molar-refractivity contribution is -0.274. The van der Waals surface area contributed by atoms with Crippen LogP contribution in [0.4, 0.5) is 13.2 Å². The number of hydrogen-bond acceptors (Lipinski definition) is 4. The van der Waals surface area contributed by atoms with E-state index in [1.54, 1.807) is 0 Å². The van der Waals surface area contributed by atoms with Gasteiger partial charge in [0.1, 0.15) is 11.8 Å². The molecule has 114 valence electrons. The van der Waals surface area contributed by atoms with Crippen LogP contribution < -0.4 is 10.4 Å². The number of hydrogen-bond donors (Lipinski definition) is 1. The van der Waals surface area contributed by atoms with Gasteiger partial charge in [0.05, 0.1) is 5.69 Å². The minimum atomic E-state index is -4.90. The number of H-pyrrole nitrogens is 1. The first-order valence-corrected chi connectivity index (χ1v) is 6.21. The molecule has 0 fully saturated rings. The Hall–Kier alpha value is -2.55. The number of fused-ring (bicyclic) bond motifs is 1. The van der Waals surface area contributed by atoms with Gasteiger partial charge in [-0.3, -0.25) is 9.55 Å². The molecule has 1 N–H and O–H groups in total. The molecular formula is C12H6ClF3N4O2.